The number of carboxylic acid groups (broad SMARTS) is 2. The maximum Gasteiger partial charge on any atom is 0.412 e. The Hall–Kier alpha value is -2.15. The average molecular weight is 302 g/mol. The summed E-state index contributed by atoms with van der Waals surface area (Å²) < 4.78 is 10.5. The summed E-state index contributed by atoms with van der Waals surface area (Å²) in [7, 11) is 0. The number of hydrogen-bond donors (Lipinski definition) is 2. The fourth-order valence-corrected chi connectivity index (χ4v) is 2.07. The zero-order chi connectivity index (χ0) is 14.9. The summed E-state index contributed by atoms with van der Waals surface area (Å²) in [4.78, 5) is 23.1. The molecule has 0 fully saturated rings. The molecule has 2 rings (SSSR count). The summed E-state index contributed by atoms with van der Waals surface area (Å²) in [5.74, 6) is -0.821. The van der Waals surface area contributed by atoms with Crippen LogP contribution in [0.2, 0.25) is 5.02 Å². The van der Waals surface area contributed by atoms with Crippen LogP contribution in [0.15, 0.2) is 12.1 Å². The Kier molecular flexibility index (Phi) is 3.89. The third kappa shape index (κ3) is 2.57. The van der Waals surface area contributed by atoms with E-state index in [9.17, 15) is 9.59 Å². The van der Waals surface area contributed by atoms with E-state index in [0.29, 0.717) is 12.4 Å². The molecular formula is C12H12ClNO6. The lowest BCUT2D eigenvalue weighted by Crippen LogP contribution is -2.46. The van der Waals surface area contributed by atoms with E-state index in [4.69, 9.17) is 31.3 Å². The van der Waals surface area contributed by atoms with Crippen molar-refractivity contribution in [2.24, 2.45) is 0 Å². The molecule has 1 atom stereocenters. The number of anilines is 1. The van der Waals surface area contributed by atoms with Gasteiger partial charge >= 0.3 is 12.1 Å². The molecule has 0 saturated carbocycles. The van der Waals surface area contributed by atoms with Crippen LogP contribution in [0.4, 0.5) is 10.5 Å². The number of benzene rings is 1. The van der Waals surface area contributed by atoms with E-state index in [1.165, 1.54) is 12.1 Å². The number of carboxylic acids is 1. The molecule has 0 bridgehead atoms. The molecule has 0 spiro atoms. The Morgan fingerprint density at radius 2 is 2.20 bits per heavy atom. The first kappa shape index (κ1) is 14.3. The Morgan fingerprint density at radius 3 is 2.75 bits per heavy atom. The molecule has 1 amide bonds. The van der Waals surface area contributed by atoms with Gasteiger partial charge in [-0.2, -0.15) is 0 Å². The number of aliphatic carboxylic acids is 1. The Balaban J connectivity index is 2.48. The van der Waals surface area contributed by atoms with Gasteiger partial charge < -0.3 is 19.7 Å². The highest BCUT2D eigenvalue weighted by molar-refractivity contribution is 6.32. The minimum absolute atomic E-state index is 0.110. The first-order chi connectivity index (χ1) is 9.43. The predicted molar refractivity (Wildman–Crippen MR) is 70.0 cm³/mol. The standard InChI is InChI=1S/C12H12ClNO6/c1-2-19-8-4-9-7(3-6(8)13)14(12(17)18)5-10(20-9)11(15)16/h3-4,10H,2,5H2,1H3,(H,15,16)(H,17,18). The van der Waals surface area contributed by atoms with E-state index < -0.39 is 18.2 Å². The third-order valence-corrected chi connectivity index (χ3v) is 3.02. The molecule has 0 radical (unpaired) electrons. The minimum atomic E-state index is -1.28. The largest absolute Gasteiger partial charge is 0.492 e. The molecule has 1 aromatic rings. The average Bonchev–Trinajstić information content (AvgIpc) is 2.38. The van der Waals surface area contributed by atoms with Gasteiger partial charge in [-0.25, -0.2) is 9.59 Å². The third-order valence-electron chi connectivity index (χ3n) is 2.73. The highest BCUT2D eigenvalue weighted by Gasteiger charge is 2.34. The summed E-state index contributed by atoms with van der Waals surface area (Å²) in [6, 6.07) is 2.78. The van der Waals surface area contributed by atoms with Crippen LogP contribution in [0.1, 0.15) is 6.92 Å². The molecule has 2 N–H and O–H groups in total. The van der Waals surface area contributed by atoms with Gasteiger partial charge in [-0.05, 0) is 13.0 Å². The number of carbonyl (C=O) groups is 2. The van der Waals surface area contributed by atoms with Gasteiger partial charge in [-0.15, -0.1) is 0 Å². The van der Waals surface area contributed by atoms with Crippen LogP contribution in [0.5, 0.6) is 11.5 Å². The smallest absolute Gasteiger partial charge is 0.412 e. The second-order valence-corrected chi connectivity index (χ2v) is 4.43. The lowest BCUT2D eigenvalue weighted by atomic mass is 10.2. The van der Waals surface area contributed by atoms with E-state index in [-0.39, 0.29) is 23.0 Å². The molecule has 8 heteroatoms. The van der Waals surface area contributed by atoms with Crippen LogP contribution < -0.4 is 14.4 Å². The highest BCUT2D eigenvalue weighted by Crippen LogP contribution is 2.41. The van der Waals surface area contributed by atoms with Crippen molar-refractivity contribution in [2.75, 3.05) is 18.1 Å². The van der Waals surface area contributed by atoms with Crippen molar-refractivity contribution in [1.82, 2.24) is 0 Å². The van der Waals surface area contributed by atoms with E-state index in [0.717, 1.165) is 4.90 Å². The van der Waals surface area contributed by atoms with E-state index >= 15 is 0 Å². The van der Waals surface area contributed by atoms with Crippen LogP contribution in [0, 0.1) is 0 Å². The van der Waals surface area contributed by atoms with Gasteiger partial charge in [0.25, 0.3) is 0 Å². The molecule has 0 aromatic heterocycles. The number of rotatable bonds is 3. The Morgan fingerprint density at radius 1 is 1.50 bits per heavy atom. The number of fused-ring (bicyclic) bond motifs is 1. The molecule has 1 aliphatic rings. The Labute approximate surface area is 119 Å². The van der Waals surface area contributed by atoms with Crippen LogP contribution in [0.25, 0.3) is 0 Å². The number of hydrogen-bond acceptors (Lipinski definition) is 4. The van der Waals surface area contributed by atoms with Gasteiger partial charge in [-0.3, -0.25) is 4.90 Å². The van der Waals surface area contributed by atoms with Crippen molar-refractivity contribution in [2.45, 2.75) is 13.0 Å². The van der Waals surface area contributed by atoms with Crippen molar-refractivity contribution in [3.8, 4) is 11.5 Å². The summed E-state index contributed by atoms with van der Waals surface area (Å²) >= 11 is 5.99. The lowest BCUT2D eigenvalue weighted by Gasteiger charge is -2.31. The van der Waals surface area contributed by atoms with Gasteiger partial charge in [0.1, 0.15) is 11.5 Å². The van der Waals surface area contributed by atoms with E-state index in [1.807, 2.05) is 0 Å². The zero-order valence-corrected chi connectivity index (χ0v) is 11.3. The monoisotopic (exact) mass is 301 g/mol. The molecule has 1 aliphatic heterocycles. The number of nitrogens with zero attached hydrogens (tertiary/aromatic N) is 1. The number of halogens is 1. The topological polar surface area (TPSA) is 96.3 Å². The van der Waals surface area contributed by atoms with Gasteiger partial charge in [0.05, 0.1) is 23.9 Å². The molecule has 0 saturated heterocycles. The van der Waals surface area contributed by atoms with Crippen LogP contribution in [-0.4, -0.2) is 41.5 Å². The highest BCUT2D eigenvalue weighted by atomic mass is 35.5. The van der Waals surface area contributed by atoms with Crippen LogP contribution >= 0.6 is 11.6 Å². The maximum atomic E-state index is 11.2. The van der Waals surface area contributed by atoms with Crippen molar-refractivity contribution in [3.63, 3.8) is 0 Å². The van der Waals surface area contributed by atoms with Gasteiger partial charge in [0.15, 0.2) is 0 Å². The molecule has 20 heavy (non-hydrogen) atoms. The molecule has 7 nitrogen and oxygen atoms in total. The van der Waals surface area contributed by atoms with Crippen LogP contribution in [0.3, 0.4) is 0 Å². The van der Waals surface area contributed by atoms with Crippen molar-refractivity contribution >= 4 is 29.4 Å². The second-order valence-electron chi connectivity index (χ2n) is 4.02. The normalized spacial score (nSPS) is 17.1. The van der Waals surface area contributed by atoms with E-state index in [1.54, 1.807) is 6.92 Å². The summed E-state index contributed by atoms with van der Waals surface area (Å²) in [6.45, 7) is 1.83. The minimum Gasteiger partial charge on any atom is -0.492 e. The van der Waals surface area contributed by atoms with Crippen molar-refractivity contribution < 1.29 is 29.3 Å². The van der Waals surface area contributed by atoms with E-state index in [2.05, 4.69) is 0 Å². The number of amides is 1. The lowest BCUT2D eigenvalue weighted by molar-refractivity contribution is -0.144. The van der Waals surface area contributed by atoms with Crippen molar-refractivity contribution in [1.29, 1.82) is 0 Å². The molecular weight excluding hydrogens is 290 g/mol. The summed E-state index contributed by atoms with van der Waals surface area (Å²) in [5.41, 5.74) is 0.198. The van der Waals surface area contributed by atoms with Crippen LogP contribution in [-0.2, 0) is 4.79 Å². The van der Waals surface area contributed by atoms with Gasteiger partial charge in [0.2, 0.25) is 6.10 Å². The summed E-state index contributed by atoms with van der Waals surface area (Å²) in [5, 5.41) is 18.4. The van der Waals surface area contributed by atoms with Gasteiger partial charge in [-0.1, -0.05) is 11.6 Å². The number of ether oxygens (including phenoxy) is 2. The molecule has 108 valence electrons. The second kappa shape index (κ2) is 5.46. The first-order valence-electron chi connectivity index (χ1n) is 5.80. The predicted octanol–water partition coefficient (Wildman–Crippen LogP) is 2.07. The SMILES string of the molecule is CCOc1cc2c(cc1Cl)N(C(=O)O)CC(C(=O)O)O2. The van der Waals surface area contributed by atoms with Crippen molar-refractivity contribution in [3.05, 3.63) is 17.2 Å². The Bertz CT molecular complexity index is 561. The molecule has 1 aromatic carbocycles. The summed E-state index contributed by atoms with van der Waals surface area (Å²) in [6.07, 6.45) is -2.55. The fourth-order valence-electron chi connectivity index (χ4n) is 1.86. The maximum absolute atomic E-state index is 11.2. The molecule has 0 aliphatic carbocycles. The zero-order valence-electron chi connectivity index (χ0n) is 10.5. The fraction of sp³-hybridized carbons (Fsp3) is 0.333. The molecule has 1 heterocycles. The first-order valence-corrected chi connectivity index (χ1v) is 6.18. The quantitative estimate of drug-likeness (QED) is 0.887. The molecule has 1 unspecified atom stereocenters. The van der Waals surface area contributed by atoms with Gasteiger partial charge in [0, 0.05) is 6.07 Å².